The summed E-state index contributed by atoms with van der Waals surface area (Å²) < 4.78 is 0. The Balaban J connectivity index is 2.03. The molecule has 0 aliphatic carbocycles. The van der Waals surface area contributed by atoms with Crippen molar-refractivity contribution in [1.29, 1.82) is 0 Å². The number of rotatable bonds is 2. The number of nitrogens with one attached hydrogen (secondary N) is 1. The second-order valence-corrected chi connectivity index (χ2v) is 3.97. The van der Waals surface area contributed by atoms with Crippen LogP contribution in [0.1, 0.15) is 12.5 Å². The van der Waals surface area contributed by atoms with Crippen LogP contribution in [-0.4, -0.2) is 28.9 Å². The van der Waals surface area contributed by atoms with Gasteiger partial charge in [0.1, 0.15) is 0 Å². The topological polar surface area (TPSA) is 27.6 Å². The van der Waals surface area contributed by atoms with Gasteiger partial charge in [0.05, 0.1) is 12.8 Å². The second-order valence-electron chi connectivity index (χ2n) is 3.59. The van der Waals surface area contributed by atoms with E-state index in [1.54, 1.807) is 0 Å². The molecule has 3 nitrogen and oxygen atoms in total. The highest BCUT2D eigenvalue weighted by Gasteiger charge is 2.20. The number of hydrogen-bond acceptors (Lipinski definition) is 2. The van der Waals surface area contributed by atoms with Gasteiger partial charge in [-0.05, 0) is 24.7 Å². The average molecular weight is 219 g/mol. The number of hydrazone groups is 1. The fourth-order valence-electron chi connectivity index (χ4n) is 1.45. The van der Waals surface area contributed by atoms with Gasteiger partial charge in [0.2, 0.25) is 0 Å². The van der Waals surface area contributed by atoms with Gasteiger partial charge in [0, 0.05) is 6.04 Å². The summed E-state index contributed by atoms with van der Waals surface area (Å²) in [6, 6.07) is 10.4. The predicted molar refractivity (Wildman–Crippen MR) is 65.9 cm³/mol. The highest BCUT2D eigenvalue weighted by molar-refractivity contribution is 7.80. The molecule has 0 radical (unpaired) electrons. The maximum absolute atomic E-state index is 5.13. The van der Waals surface area contributed by atoms with E-state index in [0.717, 1.165) is 12.1 Å². The first-order valence-electron chi connectivity index (χ1n) is 4.93. The Morgan fingerprint density at radius 1 is 1.47 bits per heavy atom. The van der Waals surface area contributed by atoms with E-state index >= 15 is 0 Å². The van der Waals surface area contributed by atoms with Gasteiger partial charge in [-0.3, -0.25) is 0 Å². The first-order chi connectivity index (χ1) is 7.25. The van der Waals surface area contributed by atoms with E-state index in [9.17, 15) is 0 Å². The molecule has 1 saturated heterocycles. The molecule has 0 bridgehead atoms. The standard InChI is InChI=1S/C11H13N3S/c1-9-8-14(11(15)13-9)12-7-10-5-3-2-4-6-10/h2-7,9H,8H2,1H3,(H,13,15). The van der Waals surface area contributed by atoms with E-state index in [2.05, 4.69) is 17.3 Å². The van der Waals surface area contributed by atoms with Crippen LogP contribution in [0, 0.1) is 0 Å². The zero-order valence-corrected chi connectivity index (χ0v) is 9.37. The number of hydrogen-bond donors (Lipinski definition) is 1. The monoisotopic (exact) mass is 219 g/mol. The molecular weight excluding hydrogens is 206 g/mol. The molecule has 0 spiro atoms. The lowest BCUT2D eigenvalue weighted by molar-refractivity contribution is 0.473. The maximum Gasteiger partial charge on any atom is 0.189 e. The van der Waals surface area contributed by atoms with Crippen LogP contribution in [0.5, 0.6) is 0 Å². The van der Waals surface area contributed by atoms with Crippen molar-refractivity contribution in [3.63, 3.8) is 0 Å². The normalized spacial score (nSPS) is 21.0. The highest BCUT2D eigenvalue weighted by Crippen LogP contribution is 2.04. The Morgan fingerprint density at radius 3 is 2.80 bits per heavy atom. The van der Waals surface area contributed by atoms with Crippen LogP contribution in [-0.2, 0) is 0 Å². The van der Waals surface area contributed by atoms with Gasteiger partial charge in [0.25, 0.3) is 0 Å². The minimum absolute atomic E-state index is 0.380. The summed E-state index contributed by atoms with van der Waals surface area (Å²) in [7, 11) is 0. The number of thiocarbonyl (C=S) groups is 1. The minimum atomic E-state index is 0.380. The molecular formula is C11H13N3S. The molecule has 1 aromatic rings. The zero-order chi connectivity index (χ0) is 10.7. The summed E-state index contributed by atoms with van der Waals surface area (Å²) >= 11 is 5.13. The third-order valence-corrected chi connectivity index (χ3v) is 2.53. The molecule has 1 atom stereocenters. The van der Waals surface area contributed by atoms with Crippen molar-refractivity contribution in [2.24, 2.45) is 5.10 Å². The largest absolute Gasteiger partial charge is 0.357 e. The van der Waals surface area contributed by atoms with Crippen molar-refractivity contribution in [2.75, 3.05) is 6.54 Å². The lowest BCUT2D eigenvalue weighted by atomic mass is 10.2. The van der Waals surface area contributed by atoms with Crippen molar-refractivity contribution in [3.05, 3.63) is 35.9 Å². The van der Waals surface area contributed by atoms with Crippen LogP contribution in [0.15, 0.2) is 35.4 Å². The molecule has 0 amide bonds. The number of nitrogens with zero attached hydrogens (tertiary/aromatic N) is 2. The molecule has 1 N–H and O–H groups in total. The third kappa shape index (κ3) is 2.53. The Kier molecular flexibility index (Phi) is 2.97. The van der Waals surface area contributed by atoms with Crippen LogP contribution in [0.4, 0.5) is 0 Å². The summed E-state index contributed by atoms with van der Waals surface area (Å²) in [4.78, 5) is 0. The van der Waals surface area contributed by atoms with Crippen LogP contribution < -0.4 is 5.32 Å². The molecule has 0 saturated carbocycles. The molecule has 4 heteroatoms. The summed E-state index contributed by atoms with van der Waals surface area (Å²) in [5.74, 6) is 0. The molecule has 1 aliphatic heterocycles. The van der Waals surface area contributed by atoms with E-state index < -0.39 is 0 Å². The van der Waals surface area contributed by atoms with Gasteiger partial charge < -0.3 is 5.32 Å². The fraction of sp³-hybridized carbons (Fsp3) is 0.273. The Labute approximate surface area is 94.8 Å². The van der Waals surface area contributed by atoms with Gasteiger partial charge in [-0.1, -0.05) is 30.3 Å². The second kappa shape index (κ2) is 4.40. The quantitative estimate of drug-likeness (QED) is 0.605. The maximum atomic E-state index is 5.13. The Morgan fingerprint density at radius 2 is 2.20 bits per heavy atom. The molecule has 2 rings (SSSR count). The molecule has 1 heterocycles. The van der Waals surface area contributed by atoms with Gasteiger partial charge in [-0.15, -0.1) is 0 Å². The van der Waals surface area contributed by atoms with E-state index in [1.165, 1.54) is 0 Å². The highest BCUT2D eigenvalue weighted by atomic mass is 32.1. The molecule has 1 unspecified atom stereocenters. The molecule has 15 heavy (non-hydrogen) atoms. The molecule has 1 fully saturated rings. The van der Waals surface area contributed by atoms with Crippen molar-refractivity contribution < 1.29 is 0 Å². The van der Waals surface area contributed by atoms with E-state index in [1.807, 2.05) is 41.6 Å². The van der Waals surface area contributed by atoms with Crippen LogP contribution >= 0.6 is 12.2 Å². The van der Waals surface area contributed by atoms with Crippen molar-refractivity contribution in [3.8, 4) is 0 Å². The summed E-state index contributed by atoms with van der Waals surface area (Å²) in [5, 5.41) is 9.99. The smallest absolute Gasteiger partial charge is 0.189 e. The lowest BCUT2D eigenvalue weighted by Crippen LogP contribution is -2.24. The summed E-state index contributed by atoms with van der Waals surface area (Å²) in [6.07, 6.45) is 1.83. The lowest BCUT2D eigenvalue weighted by Gasteiger charge is -2.07. The first kappa shape index (κ1) is 10.1. The summed E-state index contributed by atoms with van der Waals surface area (Å²) in [6.45, 7) is 2.92. The van der Waals surface area contributed by atoms with E-state index in [-0.39, 0.29) is 0 Å². The predicted octanol–water partition coefficient (Wildman–Crippen LogP) is 1.60. The van der Waals surface area contributed by atoms with Crippen LogP contribution in [0.25, 0.3) is 0 Å². The Hall–Kier alpha value is -1.42. The van der Waals surface area contributed by atoms with Crippen LogP contribution in [0.2, 0.25) is 0 Å². The van der Waals surface area contributed by atoms with Crippen molar-refractivity contribution in [2.45, 2.75) is 13.0 Å². The van der Waals surface area contributed by atoms with E-state index in [0.29, 0.717) is 11.2 Å². The molecule has 1 aliphatic rings. The molecule has 1 aromatic carbocycles. The molecule has 0 aromatic heterocycles. The van der Waals surface area contributed by atoms with Crippen molar-refractivity contribution in [1.82, 2.24) is 10.3 Å². The average Bonchev–Trinajstić information content (AvgIpc) is 2.56. The van der Waals surface area contributed by atoms with Crippen molar-refractivity contribution >= 4 is 23.5 Å². The first-order valence-corrected chi connectivity index (χ1v) is 5.33. The Bertz CT molecular complexity index is 375. The van der Waals surface area contributed by atoms with Gasteiger partial charge >= 0.3 is 0 Å². The van der Waals surface area contributed by atoms with E-state index in [4.69, 9.17) is 12.2 Å². The third-order valence-electron chi connectivity index (χ3n) is 2.20. The SMILES string of the molecule is CC1CN(N=Cc2ccccc2)C(=S)N1. The molecule has 78 valence electrons. The minimum Gasteiger partial charge on any atom is -0.357 e. The van der Waals surface area contributed by atoms with Gasteiger partial charge in [0.15, 0.2) is 5.11 Å². The van der Waals surface area contributed by atoms with Gasteiger partial charge in [-0.25, -0.2) is 5.01 Å². The fourth-order valence-corrected chi connectivity index (χ4v) is 1.77. The van der Waals surface area contributed by atoms with Crippen LogP contribution in [0.3, 0.4) is 0 Å². The number of benzene rings is 1. The zero-order valence-electron chi connectivity index (χ0n) is 8.55. The van der Waals surface area contributed by atoms with Gasteiger partial charge in [-0.2, -0.15) is 5.10 Å². The summed E-state index contributed by atoms with van der Waals surface area (Å²) in [5.41, 5.74) is 1.08.